The van der Waals surface area contributed by atoms with E-state index in [0.29, 0.717) is 0 Å². The first kappa shape index (κ1) is 9.31. The Morgan fingerprint density at radius 3 is 2.50 bits per heavy atom. The molecule has 1 amide bonds. The quantitative estimate of drug-likeness (QED) is 0.600. The zero-order chi connectivity index (χ0) is 9.35. The van der Waals surface area contributed by atoms with Crippen LogP contribution in [-0.2, 0) is 9.53 Å². The van der Waals surface area contributed by atoms with E-state index in [4.69, 9.17) is 0 Å². The maximum Gasteiger partial charge on any atom is 0.522 e. The molecule has 0 bridgehead atoms. The fourth-order valence-electron chi connectivity index (χ4n) is 1.09. The van der Waals surface area contributed by atoms with Gasteiger partial charge in [0.1, 0.15) is 0 Å². The van der Waals surface area contributed by atoms with Gasteiger partial charge in [-0.2, -0.15) is 0 Å². The molecule has 1 heterocycles. The molecule has 1 rings (SSSR count). The minimum absolute atomic E-state index is 0.0122. The largest absolute Gasteiger partial charge is 0.522 e. The summed E-state index contributed by atoms with van der Waals surface area (Å²) in [4.78, 5) is 12.0. The van der Waals surface area contributed by atoms with Gasteiger partial charge in [0.15, 0.2) is 0 Å². The monoisotopic (exact) mass is 183 g/mol. The molecular formula is C6H8F3NO2. The van der Waals surface area contributed by atoms with Crippen molar-refractivity contribution in [2.24, 2.45) is 0 Å². The first-order valence-electron chi connectivity index (χ1n) is 3.37. The van der Waals surface area contributed by atoms with Crippen molar-refractivity contribution in [1.29, 1.82) is 0 Å². The van der Waals surface area contributed by atoms with Gasteiger partial charge in [0.05, 0.1) is 12.5 Å². The third kappa shape index (κ3) is 2.37. The van der Waals surface area contributed by atoms with Crippen molar-refractivity contribution < 1.29 is 22.7 Å². The van der Waals surface area contributed by atoms with E-state index in [1.165, 1.54) is 11.9 Å². The van der Waals surface area contributed by atoms with E-state index in [1.54, 1.807) is 0 Å². The molecule has 0 aliphatic carbocycles. The van der Waals surface area contributed by atoms with Crippen LogP contribution in [0.25, 0.3) is 0 Å². The fourth-order valence-corrected chi connectivity index (χ4v) is 1.09. The summed E-state index contributed by atoms with van der Waals surface area (Å²) in [6.07, 6.45) is -5.87. The summed E-state index contributed by atoms with van der Waals surface area (Å²) < 4.78 is 38.5. The van der Waals surface area contributed by atoms with Gasteiger partial charge in [0.2, 0.25) is 5.91 Å². The molecular weight excluding hydrogens is 175 g/mol. The van der Waals surface area contributed by atoms with Crippen molar-refractivity contribution >= 4 is 5.91 Å². The van der Waals surface area contributed by atoms with Crippen molar-refractivity contribution in [2.45, 2.75) is 18.9 Å². The molecule has 1 aliphatic rings. The molecule has 3 nitrogen and oxygen atoms in total. The molecule has 0 radical (unpaired) electrons. The van der Waals surface area contributed by atoms with Crippen LogP contribution in [0, 0.1) is 0 Å². The van der Waals surface area contributed by atoms with Gasteiger partial charge in [0.25, 0.3) is 0 Å². The van der Waals surface area contributed by atoms with E-state index in [2.05, 4.69) is 4.74 Å². The lowest BCUT2D eigenvalue weighted by Crippen LogP contribution is -2.26. The first-order chi connectivity index (χ1) is 5.38. The van der Waals surface area contributed by atoms with Gasteiger partial charge in [-0.1, -0.05) is 0 Å². The molecule has 0 aromatic heterocycles. The number of halogens is 3. The Kier molecular flexibility index (Phi) is 2.27. The Labute approximate surface area is 67.1 Å². The average molecular weight is 183 g/mol. The Balaban J connectivity index is 2.43. The summed E-state index contributed by atoms with van der Waals surface area (Å²) >= 11 is 0. The minimum Gasteiger partial charge on any atom is -0.343 e. The number of nitrogens with zero attached hydrogens (tertiary/aromatic N) is 1. The normalized spacial score (nSPS) is 25.2. The van der Waals surface area contributed by atoms with Gasteiger partial charge in [-0.05, 0) is 0 Å². The Morgan fingerprint density at radius 2 is 2.17 bits per heavy atom. The highest BCUT2D eigenvalue weighted by Crippen LogP contribution is 2.23. The Hall–Kier alpha value is -0.780. The maximum absolute atomic E-state index is 11.6. The lowest BCUT2D eigenvalue weighted by Gasteiger charge is -2.13. The van der Waals surface area contributed by atoms with Crippen molar-refractivity contribution in [1.82, 2.24) is 4.90 Å². The zero-order valence-electron chi connectivity index (χ0n) is 6.39. The Bertz CT molecular complexity index is 192. The van der Waals surface area contributed by atoms with E-state index < -0.39 is 12.5 Å². The molecule has 1 aliphatic heterocycles. The number of hydrogen-bond donors (Lipinski definition) is 0. The highest BCUT2D eigenvalue weighted by Gasteiger charge is 2.38. The molecule has 0 N–H and O–H groups in total. The third-order valence-corrected chi connectivity index (χ3v) is 1.61. The highest BCUT2D eigenvalue weighted by atomic mass is 19.4. The van der Waals surface area contributed by atoms with Gasteiger partial charge < -0.3 is 4.90 Å². The van der Waals surface area contributed by atoms with Gasteiger partial charge in [-0.25, -0.2) is 0 Å². The molecule has 70 valence electrons. The molecule has 6 heteroatoms. The average Bonchev–Trinajstić information content (AvgIpc) is 2.07. The molecule has 0 aromatic carbocycles. The van der Waals surface area contributed by atoms with Gasteiger partial charge in [0, 0.05) is 13.6 Å². The number of rotatable bonds is 1. The number of ether oxygens (including phenoxy) is 1. The van der Waals surface area contributed by atoms with Crippen molar-refractivity contribution in [3.05, 3.63) is 0 Å². The summed E-state index contributed by atoms with van der Waals surface area (Å²) in [6.45, 7) is 0.0122. The summed E-state index contributed by atoms with van der Waals surface area (Å²) in [6, 6.07) is 0. The number of hydrogen-bond acceptors (Lipinski definition) is 2. The third-order valence-electron chi connectivity index (χ3n) is 1.61. The van der Waals surface area contributed by atoms with Crippen LogP contribution < -0.4 is 0 Å². The lowest BCUT2D eigenvalue weighted by molar-refractivity contribution is -0.340. The van der Waals surface area contributed by atoms with E-state index in [0.717, 1.165) is 0 Å². The molecule has 1 unspecified atom stereocenters. The second-order valence-electron chi connectivity index (χ2n) is 2.66. The van der Waals surface area contributed by atoms with Gasteiger partial charge in [-0.15, -0.1) is 13.2 Å². The van der Waals surface area contributed by atoms with Crippen LogP contribution in [-0.4, -0.2) is 36.9 Å². The molecule has 0 spiro atoms. The number of alkyl halides is 3. The highest BCUT2D eigenvalue weighted by molar-refractivity contribution is 5.78. The number of likely N-dealkylation sites (tertiary alicyclic amines) is 1. The first-order valence-corrected chi connectivity index (χ1v) is 3.37. The summed E-state index contributed by atoms with van der Waals surface area (Å²) in [5, 5.41) is 0. The summed E-state index contributed by atoms with van der Waals surface area (Å²) in [5.74, 6) is -0.316. The van der Waals surface area contributed by atoms with Crippen molar-refractivity contribution in [2.75, 3.05) is 13.6 Å². The standard InChI is InChI=1S/C6H8F3NO2/c1-10-3-4(2-5(10)11)12-6(7,8)9/h4H,2-3H2,1H3. The topological polar surface area (TPSA) is 29.5 Å². The second-order valence-corrected chi connectivity index (χ2v) is 2.66. The van der Waals surface area contributed by atoms with E-state index >= 15 is 0 Å². The van der Waals surface area contributed by atoms with Crippen molar-refractivity contribution in [3.63, 3.8) is 0 Å². The lowest BCUT2D eigenvalue weighted by atomic mass is 10.3. The molecule has 1 saturated heterocycles. The maximum atomic E-state index is 11.6. The second kappa shape index (κ2) is 2.93. The van der Waals surface area contributed by atoms with Crippen LogP contribution in [0.4, 0.5) is 13.2 Å². The van der Waals surface area contributed by atoms with Crippen LogP contribution >= 0.6 is 0 Å². The zero-order valence-corrected chi connectivity index (χ0v) is 6.39. The number of carbonyl (C=O) groups excluding carboxylic acids is 1. The number of carbonyl (C=O) groups is 1. The van der Waals surface area contributed by atoms with Gasteiger partial charge in [-0.3, -0.25) is 9.53 Å². The van der Waals surface area contributed by atoms with Gasteiger partial charge >= 0.3 is 6.36 Å². The fraction of sp³-hybridized carbons (Fsp3) is 0.833. The van der Waals surface area contributed by atoms with Crippen LogP contribution in [0.3, 0.4) is 0 Å². The van der Waals surface area contributed by atoms with Crippen molar-refractivity contribution in [3.8, 4) is 0 Å². The molecule has 0 saturated carbocycles. The number of likely N-dealkylation sites (N-methyl/N-ethyl adjacent to an activating group) is 1. The molecule has 12 heavy (non-hydrogen) atoms. The SMILES string of the molecule is CN1CC(OC(F)(F)F)CC1=O. The van der Waals surface area contributed by atoms with E-state index in [-0.39, 0.29) is 18.9 Å². The number of amides is 1. The molecule has 1 atom stereocenters. The van der Waals surface area contributed by atoms with Crippen LogP contribution in [0.1, 0.15) is 6.42 Å². The predicted molar refractivity (Wildman–Crippen MR) is 33.2 cm³/mol. The minimum atomic E-state index is -4.64. The summed E-state index contributed by atoms with van der Waals surface area (Å²) in [5.41, 5.74) is 0. The predicted octanol–water partition coefficient (Wildman–Crippen LogP) is 0.753. The van der Waals surface area contributed by atoms with E-state index in [1.807, 2.05) is 0 Å². The molecule has 0 aromatic rings. The van der Waals surface area contributed by atoms with E-state index in [9.17, 15) is 18.0 Å². The smallest absolute Gasteiger partial charge is 0.343 e. The Morgan fingerprint density at radius 1 is 1.58 bits per heavy atom. The van der Waals surface area contributed by atoms with Crippen LogP contribution in [0.5, 0.6) is 0 Å². The van der Waals surface area contributed by atoms with Crippen LogP contribution in [0.15, 0.2) is 0 Å². The van der Waals surface area contributed by atoms with Crippen LogP contribution in [0.2, 0.25) is 0 Å². The summed E-state index contributed by atoms with van der Waals surface area (Å²) in [7, 11) is 1.45. The molecule has 1 fully saturated rings.